The van der Waals surface area contributed by atoms with Crippen LogP contribution < -0.4 is 10.1 Å². The zero-order valence-corrected chi connectivity index (χ0v) is 17.1. The summed E-state index contributed by atoms with van der Waals surface area (Å²) in [5, 5.41) is 3.02. The van der Waals surface area contributed by atoms with Crippen LogP contribution in [0.5, 0.6) is 5.75 Å². The maximum Gasteiger partial charge on any atom is 0.322 e. The molecule has 4 rings (SSSR count). The van der Waals surface area contributed by atoms with Crippen LogP contribution in [0.15, 0.2) is 72.8 Å². The van der Waals surface area contributed by atoms with Crippen LogP contribution in [-0.2, 0) is 30.9 Å². The number of anilines is 1. The molecule has 0 aromatic heterocycles. The van der Waals surface area contributed by atoms with E-state index in [2.05, 4.69) is 23.5 Å². The van der Waals surface area contributed by atoms with E-state index < -0.39 is 0 Å². The van der Waals surface area contributed by atoms with Crippen LogP contribution in [0.25, 0.3) is 0 Å². The zero-order chi connectivity index (χ0) is 20.8. The Kier molecular flexibility index (Phi) is 6.30. The summed E-state index contributed by atoms with van der Waals surface area (Å²) in [6.45, 7) is 2.38. The number of rotatable bonds is 6. The number of benzene rings is 3. The molecular weight excluding hydrogens is 376 g/mol. The van der Waals surface area contributed by atoms with Crippen molar-refractivity contribution in [3.63, 3.8) is 0 Å². The first-order valence-electron chi connectivity index (χ1n) is 10.1. The number of carbonyl (C=O) groups excluding carboxylic acids is 1. The molecule has 5 nitrogen and oxygen atoms in total. The third-order valence-corrected chi connectivity index (χ3v) is 5.29. The van der Waals surface area contributed by atoms with E-state index in [4.69, 9.17) is 9.47 Å². The second-order valence-corrected chi connectivity index (χ2v) is 7.41. The molecule has 0 aliphatic carbocycles. The average Bonchev–Trinajstić information content (AvgIpc) is 2.79. The maximum atomic E-state index is 12.7. The summed E-state index contributed by atoms with van der Waals surface area (Å²) in [6, 6.07) is 23.9. The minimum absolute atomic E-state index is 0.0687. The van der Waals surface area contributed by atoms with Gasteiger partial charge in [-0.05, 0) is 52.9 Å². The zero-order valence-electron chi connectivity index (χ0n) is 17.1. The van der Waals surface area contributed by atoms with Crippen molar-refractivity contribution in [3.8, 4) is 5.75 Å². The monoisotopic (exact) mass is 402 g/mol. The molecule has 154 valence electrons. The third kappa shape index (κ3) is 4.99. The number of nitrogens with one attached hydrogen (secondary N) is 1. The molecule has 0 radical (unpaired) electrons. The SMILES string of the molecule is COc1ccc(COCc2cccc(NC(=O)N3CCc4ccccc4C3)c2)cc1. The number of methoxy groups -OCH3 is 1. The van der Waals surface area contributed by atoms with Gasteiger partial charge in [0, 0.05) is 18.8 Å². The van der Waals surface area contributed by atoms with Gasteiger partial charge in [0.05, 0.1) is 20.3 Å². The molecule has 0 saturated heterocycles. The average molecular weight is 402 g/mol. The van der Waals surface area contributed by atoms with Crippen LogP contribution in [0.4, 0.5) is 10.5 Å². The Bertz CT molecular complexity index is 1000. The first kappa shape index (κ1) is 20.0. The lowest BCUT2D eigenvalue weighted by Crippen LogP contribution is -2.38. The Morgan fingerprint density at radius 3 is 2.50 bits per heavy atom. The summed E-state index contributed by atoms with van der Waals surface area (Å²) in [4.78, 5) is 14.6. The number of hydrogen-bond acceptors (Lipinski definition) is 3. The van der Waals surface area contributed by atoms with Crippen LogP contribution in [-0.4, -0.2) is 24.6 Å². The molecule has 0 spiro atoms. The van der Waals surface area contributed by atoms with Gasteiger partial charge in [-0.15, -0.1) is 0 Å². The fraction of sp³-hybridized carbons (Fsp3) is 0.240. The highest BCUT2D eigenvalue weighted by Gasteiger charge is 2.20. The minimum atomic E-state index is -0.0687. The van der Waals surface area contributed by atoms with Gasteiger partial charge in [-0.25, -0.2) is 4.79 Å². The summed E-state index contributed by atoms with van der Waals surface area (Å²) >= 11 is 0. The first-order chi connectivity index (χ1) is 14.7. The molecule has 1 aliphatic rings. The molecule has 2 amide bonds. The molecule has 1 heterocycles. The number of urea groups is 1. The van der Waals surface area contributed by atoms with Crippen LogP contribution in [0.2, 0.25) is 0 Å². The fourth-order valence-corrected chi connectivity index (χ4v) is 3.62. The molecule has 0 atom stereocenters. The molecule has 1 N–H and O–H groups in total. The van der Waals surface area contributed by atoms with Gasteiger partial charge in [-0.1, -0.05) is 48.5 Å². The van der Waals surface area contributed by atoms with Crippen molar-refractivity contribution in [3.05, 3.63) is 95.1 Å². The summed E-state index contributed by atoms with van der Waals surface area (Å²) in [5.41, 5.74) is 5.44. The number of nitrogens with zero attached hydrogens (tertiary/aromatic N) is 1. The van der Waals surface area contributed by atoms with Crippen LogP contribution in [0, 0.1) is 0 Å². The molecule has 1 aliphatic heterocycles. The molecule has 5 heteroatoms. The first-order valence-corrected chi connectivity index (χ1v) is 10.1. The molecule has 3 aromatic carbocycles. The van der Waals surface area contributed by atoms with E-state index in [9.17, 15) is 4.79 Å². The largest absolute Gasteiger partial charge is 0.497 e. The number of fused-ring (bicyclic) bond motifs is 1. The summed E-state index contributed by atoms with van der Waals surface area (Å²) in [6.07, 6.45) is 0.892. The Balaban J connectivity index is 1.30. The molecule has 0 bridgehead atoms. The van der Waals surface area contributed by atoms with E-state index in [0.29, 0.717) is 19.8 Å². The van der Waals surface area contributed by atoms with Gasteiger partial charge >= 0.3 is 6.03 Å². The number of amides is 2. The van der Waals surface area contributed by atoms with Crippen molar-refractivity contribution >= 4 is 11.7 Å². The van der Waals surface area contributed by atoms with E-state index >= 15 is 0 Å². The highest BCUT2D eigenvalue weighted by molar-refractivity contribution is 5.89. The van der Waals surface area contributed by atoms with Crippen molar-refractivity contribution in [1.29, 1.82) is 0 Å². The maximum absolute atomic E-state index is 12.7. The number of hydrogen-bond donors (Lipinski definition) is 1. The second kappa shape index (κ2) is 9.46. The van der Waals surface area contributed by atoms with Gasteiger partial charge in [0.15, 0.2) is 0 Å². The molecular formula is C25H26N2O3. The van der Waals surface area contributed by atoms with Gasteiger partial charge < -0.3 is 19.7 Å². The highest BCUT2D eigenvalue weighted by atomic mass is 16.5. The predicted octanol–water partition coefficient (Wildman–Crippen LogP) is 5.00. The Hall–Kier alpha value is -3.31. The van der Waals surface area contributed by atoms with Crippen molar-refractivity contribution in [2.24, 2.45) is 0 Å². The predicted molar refractivity (Wildman–Crippen MR) is 118 cm³/mol. The quantitative estimate of drug-likeness (QED) is 0.631. The van der Waals surface area contributed by atoms with Crippen LogP contribution in [0.3, 0.4) is 0 Å². The summed E-state index contributed by atoms with van der Waals surface area (Å²) in [7, 11) is 1.65. The van der Waals surface area contributed by atoms with Crippen LogP contribution >= 0.6 is 0 Å². The number of ether oxygens (including phenoxy) is 2. The lowest BCUT2D eigenvalue weighted by molar-refractivity contribution is 0.107. The summed E-state index contributed by atoms with van der Waals surface area (Å²) < 4.78 is 11.0. The molecule has 30 heavy (non-hydrogen) atoms. The lowest BCUT2D eigenvalue weighted by Gasteiger charge is -2.29. The Morgan fingerprint density at radius 1 is 0.933 bits per heavy atom. The molecule has 3 aromatic rings. The lowest BCUT2D eigenvalue weighted by atomic mass is 10.0. The van der Waals surface area contributed by atoms with E-state index in [0.717, 1.165) is 35.5 Å². The molecule has 0 fully saturated rings. The highest BCUT2D eigenvalue weighted by Crippen LogP contribution is 2.20. The van der Waals surface area contributed by atoms with E-state index in [-0.39, 0.29) is 6.03 Å². The molecule has 0 saturated carbocycles. The fourth-order valence-electron chi connectivity index (χ4n) is 3.62. The van der Waals surface area contributed by atoms with E-state index in [1.807, 2.05) is 59.5 Å². The minimum Gasteiger partial charge on any atom is -0.497 e. The van der Waals surface area contributed by atoms with Gasteiger partial charge in [-0.3, -0.25) is 0 Å². The van der Waals surface area contributed by atoms with Gasteiger partial charge in [0.2, 0.25) is 0 Å². The third-order valence-electron chi connectivity index (χ3n) is 5.29. The van der Waals surface area contributed by atoms with E-state index in [1.165, 1.54) is 11.1 Å². The van der Waals surface area contributed by atoms with Crippen molar-refractivity contribution in [1.82, 2.24) is 4.90 Å². The van der Waals surface area contributed by atoms with Gasteiger partial charge in [0.25, 0.3) is 0 Å². The Morgan fingerprint density at radius 2 is 1.70 bits per heavy atom. The molecule has 0 unspecified atom stereocenters. The topological polar surface area (TPSA) is 50.8 Å². The smallest absolute Gasteiger partial charge is 0.322 e. The van der Waals surface area contributed by atoms with Crippen molar-refractivity contribution < 1.29 is 14.3 Å². The normalized spacial score (nSPS) is 12.9. The standard InChI is InChI=1S/C25H26N2O3/c1-29-24-11-9-19(10-12-24)17-30-18-20-5-4-8-23(15-20)26-25(28)27-14-13-21-6-2-3-7-22(21)16-27/h2-12,15H,13-14,16-18H2,1H3,(H,26,28). The van der Waals surface area contributed by atoms with Gasteiger partial charge in [-0.2, -0.15) is 0 Å². The summed E-state index contributed by atoms with van der Waals surface area (Å²) in [5.74, 6) is 0.833. The second-order valence-electron chi connectivity index (χ2n) is 7.41. The van der Waals surface area contributed by atoms with Gasteiger partial charge in [0.1, 0.15) is 5.75 Å². The van der Waals surface area contributed by atoms with Crippen LogP contribution in [0.1, 0.15) is 22.3 Å². The number of carbonyl (C=O) groups is 1. The van der Waals surface area contributed by atoms with Crippen molar-refractivity contribution in [2.45, 2.75) is 26.2 Å². The van der Waals surface area contributed by atoms with E-state index in [1.54, 1.807) is 7.11 Å². The Labute approximate surface area is 177 Å². The van der Waals surface area contributed by atoms with Crippen molar-refractivity contribution in [2.75, 3.05) is 19.0 Å².